The van der Waals surface area contributed by atoms with Crippen molar-refractivity contribution in [3.8, 4) is 5.75 Å². The molecule has 172 valence electrons. The molecule has 1 aliphatic heterocycles. The smallest absolute Gasteiger partial charge is 0.257 e. The summed E-state index contributed by atoms with van der Waals surface area (Å²) >= 11 is 0. The Labute approximate surface area is 190 Å². The predicted molar refractivity (Wildman–Crippen MR) is 125 cm³/mol. The number of likely N-dealkylation sites (N-methyl/N-ethyl adjacent to an activating group) is 2. The molecule has 0 aromatic heterocycles. The molecule has 0 unspecified atom stereocenters. The van der Waals surface area contributed by atoms with E-state index in [2.05, 4.69) is 31.1 Å². The van der Waals surface area contributed by atoms with Crippen LogP contribution in [0.1, 0.15) is 34.6 Å². The monoisotopic (exact) mass is 439 g/mol. The lowest BCUT2D eigenvalue weighted by Crippen LogP contribution is -2.45. The highest BCUT2D eigenvalue weighted by Crippen LogP contribution is 2.27. The number of fused-ring (bicyclic) bond motifs is 1. The number of ether oxygens (including phenoxy) is 2. The van der Waals surface area contributed by atoms with Gasteiger partial charge in [0.1, 0.15) is 12.4 Å². The molecule has 2 aromatic rings. The van der Waals surface area contributed by atoms with Gasteiger partial charge in [-0.2, -0.15) is 0 Å². The number of carbonyl (C=O) groups excluding carboxylic acids is 2. The first-order valence-electron chi connectivity index (χ1n) is 10.9. The molecule has 3 rings (SSSR count). The van der Waals surface area contributed by atoms with Crippen molar-refractivity contribution in [1.29, 1.82) is 0 Å². The third-order valence-corrected chi connectivity index (χ3v) is 6.05. The highest BCUT2D eigenvalue weighted by Gasteiger charge is 2.27. The standard InChI is InChI=1S/C25H33N3O4/c1-17-14-27(3)18(2)16-32-22-13-20(26-24(29)19-9-7-6-8-10-19)11-12-21(22)25(30)28(4)15-23(17)31-5/h6-13,17-18,23H,14-16H2,1-5H3,(H,26,29)/t17-,18+,23-/m0/s1. The van der Waals surface area contributed by atoms with Crippen LogP contribution in [0.2, 0.25) is 0 Å². The van der Waals surface area contributed by atoms with Gasteiger partial charge in [-0.15, -0.1) is 0 Å². The van der Waals surface area contributed by atoms with Crippen molar-refractivity contribution >= 4 is 17.5 Å². The molecule has 1 N–H and O–H groups in total. The van der Waals surface area contributed by atoms with Crippen LogP contribution in [0, 0.1) is 5.92 Å². The molecule has 0 spiro atoms. The Hall–Kier alpha value is -2.90. The van der Waals surface area contributed by atoms with Gasteiger partial charge in [0.25, 0.3) is 11.8 Å². The van der Waals surface area contributed by atoms with Crippen LogP contribution in [-0.4, -0.2) is 74.7 Å². The van der Waals surface area contributed by atoms with Gasteiger partial charge < -0.3 is 19.7 Å². The van der Waals surface area contributed by atoms with Crippen LogP contribution < -0.4 is 10.1 Å². The lowest BCUT2D eigenvalue weighted by atomic mass is 10.0. The number of rotatable bonds is 3. The van der Waals surface area contributed by atoms with Gasteiger partial charge in [-0.25, -0.2) is 0 Å². The molecule has 0 bridgehead atoms. The van der Waals surface area contributed by atoms with Crippen molar-refractivity contribution in [2.24, 2.45) is 5.92 Å². The van der Waals surface area contributed by atoms with Gasteiger partial charge in [0, 0.05) is 50.6 Å². The zero-order valence-corrected chi connectivity index (χ0v) is 19.5. The largest absolute Gasteiger partial charge is 0.491 e. The van der Waals surface area contributed by atoms with E-state index >= 15 is 0 Å². The van der Waals surface area contributed by atoms with Gasteiger partial charge in [0.15, 0.2) is 0 Å². The second-order valence-electron chi connectivity index (χ2n) is 8.57. The van der Waals surface area contributed by atoms with E-state index in [-0.39, 0.29) is 29.9 Å². The van der Waals surface area contributed by atoms with Gasteiger partial charge in [-0.1, -0.05) is 25.1 Å². The Bertz CT molecular complexity index is 934. The molecule has 7 nitrogen and oxygen atoms in total. The fraction of sp³-hybridized carbons (Fsp3) is 0.440. The normalized spacial score (nSPS) is 22.8. The number of methoxy groups -OCH3 is 1. The maximum absolute atomic E-state index is 13.2. The van der Waals surface area contributed by atoms with Gasteiger partial charge in [0.2, 0.25) is 0 Å². The maximum atomic E-state index is 13.2. The van der Waals surface area contributed by atoms with Crippen molar-refractivity contribution in [2.45, 2.75) is 26.0 Å². The molecule has 2 aromatic carbocycles. The van der Waals surface area contributed by atoms with Crippen molar-refractivity contribution < 1.29 is 19.1 Å². The minimum atomic E-state index is -0.216. The summed E-state index contributed by atoms with van der Waals surface area (Å²) in [6, 6.07) is 14.3. The number of benzene rings is 2. The van der Waals surface area contributed by atoms with Crippen LogP contribution >= 0.6 is 0 Å². The molecule has 0 saturated carbocycles. The Morgan fingerprint density at radius 2 is 1.81 bits per heavy atom. The molecule has 3 atom stereocenters. The molecule has 7 heteroatoms. The van der Waals surface area contributed by atoms with Crippen LogP contribution in [0.4, 0.5) is 5.69 Å². The van der Waals surface area contributed by atoms with E-state index in [0.717, 1.165) is 6.54 Å². The zero-order valence-electron chi connectivity index (χ0n) is 19.5. The van der Waals surface area contributed by atoms with Crippen molar-refractivity contribution in [3.63, 3.8) is 0 Å². The number of amides is 2. The molecule has 2 amide bonds. The van der Waals surface area contributed by atoms with E-state index in [4.69, 9.17) is 9.47 Å². The fourth-order valence-electron chi connectivity index (χ4n) is 3.82. The third kappa shape index (κ3) is 5.66. The topological polar surface area (TPSA) is 71.1 Å². The highest BCUT2D eigenvalue weighted by atomic mass is 16.5. The SMILES string of the molecule is CO[C@H]1CN(C)C(=O)c2ccc(NC(=O)c3ccccc3)cc2OC[C@@H](C)N(C)C[C@@H]1C. The summed E-state index contributed by atoms with van der Waals surface area (Å²) in [6.07, 6.45) is -0.0770. The van der Waals surface area contributed by atoms with E-state index in [1.54, 1.807) is 49.4 Å². The van der Waals surface area contributed by atoms with Gasteiger partial charge in [-0.3, -0.25) is 14.5 Å². The molecule has 0 saturated heterocycles. The second-order valence-corrected chi connectivity index (χ2v) is 8.57. The first-order valence-corrected chi connectivity index (χ1v) is 10.9. The van der Waals surface area contributed by atoms with Crippen LogP contribution in [0.5, 0.6) is 5.75 Å². The van der Waals surface area contributed by atoms with Crippen LogP contribution in [0.3, 0.4) is 0 Å². The first kappa shape index (κ1) is 23.8. The lowest BCUT2D eigenvalue weighted by Gasteiger charge is -2.34. The average molecular weight is 440 g/mol. The highest BCUT2D eigenvalue weighted by molar-refractivity contribution is 6.05. The Morgan fingerprint density at radius 1 is 1.09 bits per heavy atom. The molecule has 32 heavy (non-hydrogen) atoms. The van der Waals surface area contributed by atoms with E-state index < -0.39 is 0 Å². The Morgan fingerprint density at radius 3 is 2.50 bits per heavy atom. The minimum Gasteiger partial charge on any atom is -0.491 e. The summed E-state index contributed by atoms with van der Waals surface area (Å²) < 4.78 is 11.8. The molecule has 1 aliphatic rings. The molecule has 0 fully saturated rings. The molecule has 0 aliphatic carbocycles. The van der Waals surface area contributed by atoms with Gasteiger partial charge in [-0.05, 0) is 44.2 Å². The number of carbonyl (C=O) groups is 2. The summed E-state index contributed by atoms with van der Waals surface area (Å²) in [5, 5.41) is 2.89. The molecular weight excluding hydrogens is 406 g/mol. The molecule has 0 radical (unpaired) electrons. The quantitative estimate of drug-likeness (QED) is 0.794. The molecule has 1 heterocycles. The summed E-state index contributed by atoms with van der Waals surface area (Å²) in [7, 11) is 5.52. The Kier molecular flexibility index (Phi) is 7.88. The second kappa shape index (κ2) is 10.6. The van der Waals surface area contributed by atoms with Crippen molar-refractivity contribution in [1.82, 2.24) is 9.80 Å². The van der Waals surface area contributed by atoms with Crippen molar-refractivity contribution in [2.75, 3.05) is 46.2 Å². The summed E-state index contributed by atoms with van der Waals surface area (Å²) in [6.45, 7) is 5.95. The molecular formula is C25H33N3O4. The summed E-state index contributed by atoms with van der Waals surface area (Å²) in [5.41, 5.74) is 1.60. The summed E-state index contributed by atoms with van der Waals surface area (Å²) in [4.78, 5) is 29.7. The average Bonchev–Trinajstić information content (AvgIpc) is 2.80. The number of hydrogen-bond acceptors (Lipinski definition) is 5. The Balaban J connectivity index is 1.89. The first-order chi connectivity index (χ1) is 15.3. The number of nitrogens with zero attached hydrogens (tertiary/aromatic N) is 2. The van der Waals surface area contributed by atoms with Crippen LogP contribution in [-0.2, 0) is 4.74 Å². The number of nitrogens with one attached hydrogen (secondary N) is 1. The van der Waals surface area contributed by atoms with Gasteiger partial charge >= 0.3 is 0 Å². The number of anilines is 1. The number of hydrogen-bond donors (Lipinski definition) is 1. The van der Waals surface area contributed by atoms with Crippen molar-refractivity contribution in [3.05, 3.63) is 59.7 Å². The fourth-order valence-corrected chi connectivity index (χ4v) is 3.82. The summed E-state index contributed by atoms with van der Waals surface area (Å²) in [5.74, 6) is 0.344. The minimum absolute atomic E-state index is 0.0770. The third-order valence-electron chi connectivity index (χ3n) is 6.05. The van der Waals surface area contributed by atoms with Gasteiger partial charge in [0.05, 0.1) is 11.7 Å². The van der Waals surface area contributed by atoms with Crippen LogP contribution in [0.15, 0.2) is 48.5 Å². The van der Waals surface area contributed by atoms with E-state index in [0.29, 0.717) is 35.7 Å². The predicted octanol–water partition coefficient (Wildman–Crippen LogP) is 3.37. The van der Waals surface area contributed by atoms with Crippen LogP contribution in [0.25, 0.3) is 0 Å². The van der Waals surface area contributed by atoms with E-state index in [1.807, 2.05) is 18.2 Å². The van der Waals surface area contributed by atoms with E-state index in [1.165, 1.54) is 0 Å². The lowest BCUT2D eigenvalue weighted by molar-refractivity contribution is 0.0150. The van der Waals surface area contributed by atoms with E-state index in [9.17, 15) is 9.59 Å². The zero-order chi connectivity index (χ0) is 23.3. The maximum Gasteiger partial charge on any atom is 0.257 e.